The number of unbranched alkanes of at least 4 members (excludes halogenated alkanes) is 1. The molecule has 0 amide bonds. The van der Waals surface area contributed by atoms with Gasteiger partial charge in [-0.1, -0.05) is 42.5 Å². The minimum atomic E-state index is 0. The highest BCUT2D eigenvalue weighted by atomic mass is 35.5. The summed E-state index contributed by atoms with van der Waals surface area (Å²) in [5.41, 5.74) is 4.23. The topological polar surface area (TPSA) is 44.9 Å². The van der Waals surface area contributed by atoms with E-state index in [1.165, 1.54) is 12.0 Å². The maximum absolute atomic E-state index is 12.4. The monoisotopic (exact) mass is 356 g/mol. The van der Waals surface area contributed by atoms with Gasteiger partial charge in [-0.05, 0) is 50.4 Å². The minimum absolute atomic E-state index is 0. The van der Waals surface area contributed by atoms with E-state index >= 15 is 0 Å². The Balaban J connectivity index is 0.00000225. The van der Waals surface area contributed by atoms with Gasteiger partial charge < -0.3 is 10.3 Å². The van der Waals surface area contributed by atoms with E-state index in [2.05, 4.69) is 40.6 Å². The molecule has 1 heterocycles. The molecule has 0 aliphatic heterocycles. The van der Waals surface area contributed by atoms with E-state index in [-0.39, 0.29) is 17.8 Å². The Bertz CT molecular complexity index is 859. The van der Waals surface area contributed by atoms with Crippen LogP contribution in [-0.4, -0.2) is 11.5 Å². The number of hydrogen-bond donors (Lipinski definition) is 2. The highest BCUT2D eigenvalue weighted by Crippen LogP contribution is 2.11. The number of aryl methyl sites for hydroxylation is 1. The summed E-state index contributed by atoms with van der Waals surface area (Å²) in [6, 6.07) is 18.3. The van der Waals surface area contributed by atoms with Gasteiger partial charge in [-0.2, -0.15) is 0 Å². The number of fused-ring (bicyclic) bond motifs is 1. The standard InChI is InChI=1S/C21H24N2O.ClH/c1-16-20(23-19-13-6-5-12-18(19)21(16)24)15-22-14-8-7-11-17-9-3-2-4-10-17;/h2-6,9-10,12-13,22H,7-8,11,14-15H2,1H3,(H,23,24);1H. The molecule has 132 valence electrons. The van der Waals surface area contributed by atoms with Gasteiger partial charge in [0, 0.05) is 28.7 Å². The Morgan fingerprint density at radius 3 is 2.48 bits per heavy atom. The summed E-state index contributed by atoms with van der Waals surface area (Å²) >= 11 is 0. The van der Waals surface area contributed by atoms with Gasteiger partial charge in [-0.3, -0.25) is 4.79 Å². The first kappa shape index (κ1) is 19.2. The zero-order valence-corrected chi connectivity index (χ0v) is 15.4. The molecule has 0 radical (unpaired) electrons. The van der Waals surface area contributed by atoms with Crippen LogP contribution in [0.3, 0.4) is 0 Å². The molecule has 3 aromatic rings. The third-order valence-corrected chi connectivity index (χ3v) is 4.46. The number of nitrogens with one attached hydrogen (secondary N) is 2. The van der Waals surface area contributed by atoms with Gasteiger partial charge in [-0.25, -0.2) is 0 Å². The highest BCUT2D eigenvalue weighted by Gasteiger charge is 2.07. The zero-order chi connectivity index (χ0) is 16.8. The lowest BCUT2D eigenvalue weighted by Gasteiger charge is -2.10. The number of aromatic nitrogens is 1. The first-order chi connectivity index (χ1) is 11.8. The Morgan fingerprint density at radius 2 is 1.68 bits per heavy atom. The Hall–Kier alpha value is -2.10. The van der Waals surface area contributed by atoms with E-state index in [1.807, 2.05) is 31.2 Å². The fourth-order valence-electron chi connectivity index (χ4n) is 3.00. The van der Waals surface area contributed by atoms with Gasteiger partial charge in [0.15, 0.2) is 5.43 Å². The molecule has 0 aliphatic rings. The van der Waals surface area contributed by atoms with Crippen LogP contribution in [0, 0.1) is 6.92 Å². The fraction of sp³-hybridized carbons (Fsp3) is 0.286. The predicted octanol–water partition coefficient (Wildman–Crippen LogP) is 4.37. The molecule has 0 fully saturated rings. The van der Waals surface area contributed by atoms with E-state index in [0.29, 0.717) is 6.54 Å². The number of hydrogen-bond acceptors (Lipinski definition) is 2. The molecule has 1 aromatic heterocycles. The zero-order valence-electron chi connectivity index (χ0n) is 14.5. The van der Waals surface area contributed by atoms with E-state index in [1.54, 1.807) is 0 Å². The van der Waals surface area contributed by atoms with Gasteiger partial charge >= 0.3 is 0 Å². The van der Waals surface area contributed by atoms with Crippen molar-refractivity contribution >= 4 is 23.3 Å². The lowest BCUT2D eigenvalue weighted by molar-refractivity contribution is 0.615. The van der Waals surface area contributed by atoms with Crippen molar-refractivity contribution in [3.05, 3.63) is 81.6 Å². The fourth-order valence-corrected chi connectivity index (χ4v) is 3.00. The van der Waals surface area contributed by atoms with E-state index in [4.69, 9.17) is 0 Å². The van der Waals surface area contributed by atoms with Crippen LogP contribution in [0.5, 0.6) is 0 Å². The van der Waals surface area contributed by atoms with Crippen molar-refractivity contribution in [3.8, 4) is 0 Å². The van der Waals surface area contributed by atoms with Crippen LogP contribution in [0.2, 0.25) is 0 Å². The largest absolute Gasteiger partial charge is 0.357 e. The SMILES string of the molecule is Cc1c(CNCCCCc2ccccc2)[nH]c2ccccc2c1=O.Cl. The third-order valence-electron chi connectivity index (χ3n) is 4.46. The van der Waals surface area contributed by atoms with Crippen molar-refractivity contribution in [2.24, 2.45) is 0 Å². The first-order valence-electron chi connectivity index (χ1n) is 8.61. The quantitative estimate of drug-likeness (QED) is 0.617. The van der Waals surface area contributed by atoms with Gasteiger partial charge in [0.05, 0.1) is 0 Å². The summed E-state index contributed by atoms with van der Waals surface area (Å²) in [4.78, 5) is 15.8. The lowest BCUT2D eigenvalue weighted by Crippen LogP contribution is -2.20. The molecule has 0 aliphatic carbocycles. The number of pyridine rings is 1. The van der Waals surface area contributed by atoms with Gasteiger partial charge in [0.25, 0.3) is 0 Å². The van der Waals surface area contributed by atoms with Gasteiger partial charge in [0.1, 0.15) is 0 Å². The molecule has 0 saturated carbocycles. The predicted molar refractivity (Wildman–Crippen MR) is 108 cm³/mol. The number of H-pyrrole nitrogens is 1. The highest BCUT2D eigenvalue weighted by molar-refractivity contribution is 5.85. The van der Waals surface area contributed by atoms with Crippen molar-refractivity contribution < 1.29 is 0 Å². The summed E-state index contributed by atoms with van der Waals surface area (Å²) in [6.07, 6.45) is 3.42. The molecule has 0 spiro atoms. The molecular weight excluding hydrogens is 332 g/mol. The molecule has 2 N–H and O–H groups in total. The number of para-hydroxylation sites is 1. The van der Waals surface area contributed by atoms with Crippen molar-refractivity contribution in [1.29, 1.82) is 0 Å². The average Bonchev–Trinajstić information content (AvgIpc) is 2.63. The van der Waals surface area contributed by atoms with Crippen molar-refractivity contribution in [2.75, 3.05) is 6.54 Å². The van der Waals surface area contributed by atoms with Crippen molar-refractivity contribution in [2.45, 2.75) is 32.7 Å². The number of benzene rings is 2. The van der Waals surface area contributed by atoms with E-state index < -0.39 is 0 Å². The van der Waals surface area contributed by atoms with Gasteiger partial charge in [-0.15, -0.1) is 12.4 Å². The number of halogens is 1. The molecule has 0 atom stereocenters. The van der Waals surface area contributed by atoms with Crippen LogP contribution in [0.15, 0.2) is 59.4 Å². The summed E-state index contributed by atoms with van der Waals surface area (Å²) in [6.45, 7) is 3.57. The smallest absolute Gasteiger partial charge is 0.192 e. The van der Waals surface area contributed by atoms with Crippen LogP contribution in [-0.2, 0) is 13.0 Å². The summed E-state index contributed by atoms with van der Waals surface area (Å²) < 4.78 is 0. The molecule has 3 rings (SSSR count). The molecule has 4 heteroatoms. The molecule has 0 bridgehead atoms. The normalized spacial score (nSPS) is 10.6. The summed E-state index contributed by atoms with van der Waals surface area (Å²) in [5.74, 6) is 0. The molecule has 2 aromatic carbocycles. The number of rotatable bonds is 7. The van der Waals surface area contributed by atoms with Crippen LogP contribution < -0.4 is 10.7 Å². The van der Waals surface area contributed by atoms with Crippen LogP contribution >= 0.6 is 12.4 Å². The Labute approximate surface area is 154 Å². The Kier molecular flexibility index (Phi) is 7.23. The minimum Gasteiger partial charge on any atom is -0.357 e. The van der Waals surface area contributed by atoms with Gasteiger partial charge in [0.2, 0.25) is 0 Å². The van der Waals surface area contributed by atoms with Crippen LogP contribution in [0.25, 0.3) is 10.9 Å². The Morgan fingerprint density at radius 1 is 0.960 bits per heavy atom. The molecule has 0 unspecified atom stereocenters. The molecule has 25 heavy (non-hydrogen) atoms. The first-order valence-corrected chi connectivity index (χ1v) is 8.61. The lowest BCUT2D eigenvalue weighted by atomic mass is 10.1. The number of aromatic amines is 1. The summed E-state index contributed by atoms with van der Waals surface area (Å²) in [7, 11) is 0. The second-order valence-electron chi connectivity index (χ2n) is 6.22. The maximum Gasteiger partial charge on any atom is 0.192 e. The maximum atomic E-state index is 12.4. The van der Waals surface area contributed by atoms with Crippen LogP contribution in [0.1, 0.15) is 29.7 Å². The third kappa shape index (κ3) is 4.94. The average molecular weight is 357 g/mol. The van der Waals surface area contributed by atoms with E-state index in [9.17, 15) is 4.79 Å². The van der Waals surface area contributed by atoms with Crippen molar-refractivity contribution in [3.63, 3.8) is 0 Å². The van der Waals surface area contributed by atoms with Crippen molar-refractivity contribution in [1.82, 2.24) is 10.3 Å². The molecule has 0 saturated heterocycles. The van der Waals surface area contributed by atoms with Crippen LogP contribution in [0.4, 0.5) is 0 Å². The molecule has 3 nitrogen and oxygen atoms in total. The van der Waals surface area contributed by atoms with E-state index in [0.717, 1.165) is 41.5 Å². The summed E-state index contributed by atoms with van der Waals surface area (Å²) in [5, 5.41) is 4.22. The second kappa shape index (κ2) is 9.40. The molecular formula is C21H25ClN2O. The second-order valence-corrected chi connectivity index (χ2v) is 6.22.